The van der Waals surface area contributed by atoms with E-state index in [1.807, 2.05) is 0 Å². The van der Waals surface area contributed by atoms with Crippen molar-refractivity contribution in [1.29, 1.82) is 0 Å². The largest absolute Gasteiger partial charge is 0.480 e. The Hall–Kier alpha value is -1.87. The maximum Gasteiger partial charge on any atom is 0.326 e. The number of amides is 1. The SMILES string of the molecule is Cc1oc(C(=O)N2CC3CCCC3C2C(=O)O)cc1S(=O)(=O)N1CCCC1. The molecule has 3 atom stereocenters. The maximum absolute atomic E-state index is 13.0. The summed E-state index contributed by atoms with van der Waals surface area (Å²) in [6, 6.07) is 0.396. The number of sulfonamides is 1. The van der Waals surface area contributed by atoms with Crippen LogP contribution in [0.3, 0.4) is 0 Å². The lowest BCUT2D eigenvalue weighted by Crippen LogP contribution is -2.43. The zero-order valence-corrected chi connectivity index (χ0v) is 16.1. The molecule has 1 aromatic rings. The molecule has 4 rings (SSSR count). The molecule has 27 heavy (non-hydrogen) atoms. The molecule has 1 aliphatic carbocycles. The number of carboxylic acid groups (broad SMARTS) is 1. The fraction of sp³-hybridized carbons (Fsp3) is 0.667. The van der Waals surface area contributed by atoms with E-state index in [0.29, 0.717) is 19.6 Å². The van der Waals surface area contributed by atoms with Gasteiger partial charge in [-0.25, -0.2) is 13.2 Å². The van der Waals surface area contributed by atoms with Gasteiger partial charge in [0, 0.05) is 25.7 Å². The fourth-order valence-electron chi connectivity index (χ4n) is 4.87. The van der Waals surface area contributed by atoms with Crippen molar-refractivity contribution in [3.05, 3.63) is 17.6 Å². The van der Waals surface area contributed by atoms with Crippen LogP contribution in [-0.2, 0) is 14.8 Å². The Kier molecular flexibility index (Phi) is 4.54. The fourth-order valence-corrected chi connectivity index (χ4v) is 6.54. The number of aryl methyl sites for hydroxylation is 1. The molecule has 3 fully saturated rings. The summed E-state index contributed by atoms with van der Waals surface area (Å²) < 4.78 is 32.5. The third kappa shape index (κ3) is 2.97. The molecule has 0 spiro atoms. The first-order valence-corrected chi connectivity index (χ1v) is 10.9. The van der Waals surface area contributed by atoms with Crippen LogP contribution in [0.5, 0.6) is 0 Å². The molecular formula is C18H24N2O6S. The number of nitrogens with zero attached hydrogens (tertiary/aromatic N) is 2. The van der Waals surface area contributed by atoms with Crippen molar-refractivity contribution in [2.75, 3.05) is 19.6 Å². The molecule has 148 valence electrons. The van der Waals surface area contributed by atoms with Crippen LogP contribution < -0.4 is 0 Å². The lowest BCUT2D eigenvalue weighted by Gasteiger charge is -2.23. The first kappa shape index (κ1) is 18.5. The zero-order valence-electron chi connectivity index (χ0n) is 15.3. The lowest BCUT2D eigenvalue weighted by molar-refractivity contribution is -0.142. The Morgan fingerprint density at radius 2 is 1.89 bits per heavy atom. The average molecular weight is 396 g/mol. The second kappa shape index (κ2) is 6.63. The number of rotatable bonds is 4. The number of carboxylic acids is 1. The van der Waals surface area contributed by atoms with Gasteiger partial charge in [-0.1, -0.05) is 6.42 Å². The summed E-state index contributed by atoms with van der Waals surface area (Å²) in [5.74, 6) is -1.32. The minimum atomic E-state index is -3.70. The molecule has 3 aliphatic rings. The van der Waals surface area contributed by atoms with Gasteiger partial charge in [0.15, 0.2) is 5.76 Å². The number of carbonyl (C=O) groups excluding carboxylic acids is 1. The molecule has 8 nitrogen and oxygen atoms in total. The van der Waals surface area contributed by atoms with Gasteiger partial charge in [-0.3, -0.25) is 4.79 Å². The zero-order chi connectivity index (χ0) is 19.3. The van der Waals surface area contributed by atoms with E-state index >= 15 is 0 Å². The summed E-state index contributed by atoms with van der Waals surface area (Å²) in [5, 5.41) is 9.63. The van der Waals surface area contributed by atoms with Gasteiger partial charge in [0.05, 0.1) is 0 Å². The van der Waals surface area contributed by atoms with Crippen molar-refractivity contribution in [3.63, 3.8) is 0 Å². The Bertz CT molecular complexity index is 870. The van der Waals surface area contributed by atoms with Gasteiger partial charge in [-0.2, -0.15) is 4.31 Å². The van der Waals surface area contributed by atoms with Crippen LogP contribution in [0.25, 0.3) is 0 Å². The van der Waals surface area contributed by atoms with Crippen LogP contribution in [0.4, 0.5) is 0 Å². The number of likely N-dealkylation sites (tertiary alicyclic amines) is 1. The molecule has 1 N–H and O–H groups in total. The predicted octanol–water partition coefficient (Wildman–Crippen LogP) is 1.70. The van der Waals surface area contributed by atoms with Gasteiger partial charge in [0.2, 0.25) is 10.0 Å². The molecule has 2 aliphatic heterocycles. The third-order valence-corrected chi connectivity index (χ3v) is 8.18. The number of hydrogen-bond donors (Lipinski definition) is 1. The Balaban J connectivity index is 1.62. The van der Waals surface area contributed by atoms with Gasteiger partial charge in [0.25, 0.3) is 5.91 Å². The molecule has 0 bridgehead atoms. The predicted molar refractivity (Wildman–Crippen MR) is 94.7 cm³/mol. The molecular weight excluding hydrogens is 372 g/mol. The lowest BCUT2D eigenvalue weighted by atomic mass is 9.94. The van der Waals surface area contributed by atoms with Crippen LogP contribution in [0.1, 0.15) is 48.4 Å². The highest BCUT2D eigenvalue weighted by molar-refractivity contribution is 7.89. The minimum absolute atomic E-state index is 0.000911. The minimum Gasteiger partial charge on any atom is -0.480 e. The van der Waals surface area contributed by atoms with Gasteiger partial charge < -0.3 is 14.4 Å². The third-order valence-electron chi connectivity index (χ3n) is 6.17. The van der Waals surface area contributed by atoms with Gasteiger partial charge in [-0.15, -0.1) is 0 Å². The average Bonchev–Trinajstić information content (AvgIpc) is 3.36. The highest BCUT2D eigenvalue weighted by Crippen LogP contribution is 2.43. The van der Waals surface area contributed by atoms with Gasteiger partial charge in [0.1, 0.15) is 16.7 Å². The van der Waals surface area contributed by atoms with Crippen molar-refractivity contribution in [3.8, 4) is 0 Å². The highest BCUT2D eigenvalue weighted by Gasteiger charge is 2.50. The van der Waals surface area contributed by atoms with Crippen molar-refractivity contribution < 1.29 is 27.5 Å². The first-order valence-electron chi connectivity index (χ1n) is 9.45. The normalized spacial score (nSPS) is 28.6. The maximum atomic E-state index is 13.0. The summed E-state index contributed by atoms with van der Waals surface area (Å²) in [6.07, 6.45) is 4.35. The molecule has 0 aromatic carbocycles. The van der Waals surface area contributed by atoms with E-state index in [1.54, 1.807) is 0 Å². The van der Waals surface area contributed by atoms with E-state index in [9.17, 15) is 23.1 Å². The Labute approximate surface area is 158 Å². The first-order chi connectivity index (χ1) is 12.8. The topological polar surface area (TPSA) is 108 Å². The Morgan fingerprint density at radius 1 is 1.19 bits per heavy atom. The molecule has 3 unspecified atom stereocenters. The van der Waals surface area contributed by atoms with Crippen molar-refractivity contribution in [2.24, 2.45) is 11.8 Å². The molecule has 1 amide bonds. The number of carbonyl (C=O) groups is 2. The number of hydrogen-bond acceptors (Lipinski definition) is 5. The standard InChI is InChI=1S/C18H24N2O6S/c1-11-15(27(24,25)19-7-2-3-8-19)9-14(26-11)17(21)20-10-12-5-4-6-13(12)16(20)18(22)23/h9,12-13,16H,2-8,10H2,1H3,(H,22,23). The van der Waals surface area contributed by atoms with Crippen molar-refractivity contribution in [1.82, 2.24) is 9.21 Å². The monoisotopic (exact) mass is 396 g/mol. The van der Waals surface area contributed by atoms with Gasteiger partial charge in [-0.05, 0) is 44.4 Å². The number of aliphatic carboxylic acids is 1. The van der Waals surface area contributed by atoms with Crippen LogP contribution in [-0.4, -0.2) is 60.3 Å². The molecule has 1 saturated carbocycles. The van der Waals surface area contributed by atoms with E-state index in [2.05, 4.69) is 0 Å². The van der Waals surface area contributed by atoms with E-state index in [4.69, 9.17) is 4.42 Å². The van der Waals surface area contributed by atoms with E-state index in [0.717, 1.165) is 32.1 Å². The summed E-state index contributed by atoms with van der Waals surface area (Å²) in [6.45, 7) is 2.83. The van der Waals surface area contributed by atoms with E-state index in [-0.39, 0.29) is 28.3 Å². The molecule has 2 saturated heterocycles. The molecule has 9 heteroatoms. The number of fused-ring (bicyclic) bond motifs is 1. The second-order valence-electron chi connectivity index (χ2n) is 7.74. The summed E-state index contributed by atoms with van der Waals surface area (Å²) in [5.41, 5.74) is 0. The number of furan rings is 1. The molecule has 1 aromatic heterocycles. The van der Waals surface area contributed by atoms with E-state index < -0.39 is 27.9 Å². The Morgan fingerprint density at radius 3 is 2.56 bits per heavy atom. The molecule has 3 heterocycles. The quantitative estimate of drug-likeness (QED) is 0.830. The van der Waals surface area contributed by atoms with Crippen molar-refractivity contribution in [2.45, 2.75) is 50.0 Å². The second-order valence-corrected chi connectivity index (χ2v) is 9.64. The van der Waals surface area contributed by atoms with Gasteiger partial charge >= 0.3 is 5.97 Å². The van der Waals surface area contributed by atoms with Crippen LogP contribution in [0.2, 0.25) is 0 Å². The van der Waals surface area contributed by atoms with Crippen LogP contribution >= 0.6 is 0 Å². The molecule has 0 radical (unpaired) electrons. The van der Waals surface area contributed by atoms with Crippen LogP contribution in [0.15, 0.2) is 15.4 Å². The summed E-state index contributed by atoms with van der Waals surface area (Å²) >= 11 is 0. The smallest absolute Gasteiger partial charge is 0.326 e. The van der Waals surface area contributed by atoms with Crippen molar-refractivity contribution >= 4 is 21.9 Å². The summed E-state index contributed by atoms with van der Waals surface area (Å²) in [4.78, 5) is 26.1. The van der Waals surface area contributed by atoms with E-state index in [1.165, 1.54) is 22.2 Å². The summed E-state index contributed by atoms with van der Waals surface area (Å²) in [7, 11) is -3.70. The van der Waals surface area contributed by atoms with Crippen LogP contribution in [0, 0.1) is 18.8 Å². The highest BCUT2D eigenvalue weighted by atomic mass is 32.2.